The molecule has 1 aliphatic rings. The maximum atomic E-state index is 10.9. The van der Waals surface area contributed by atoms with Crippen LogP contribution in [0.4, 0.5) is 0 Å². The standard InChI is InChI=1S/C25H36NO5P/c1-30-22-10-5-9-20(18-22)8-3-2-4-16-31-25-14-13-21(23-11-6-12-24(23)25)19-26-15-7-17-32(27,28)29/h5,9-10,13-14,18,26H,2-4,6-8,11-12,15-17,19H2,1H3,(H2,27,28,29). The maximum Gasteiger partial charge on any atom is 0.325 e. The second kappa shape index (κ2) is 12.4. The lowest BCUT2D eigenvalue weighted by molar-refractivity contribution is 0.302. The van der Waals surface area contributed by atoms with Crippen molar-refractivity contribution < 1.29 is 23.8 Å². The number of fused-ring (bicyclic) bond motifs is 1. The Hall–Kier alpha value is -1.85. The Morgan fingerprint density at radius 3 is 2.69 bits per heavy atom. The van der Waals surface area contributed by atoms with Gasteiger partial charge in [-0.05, 0) is 98.4 Å². The lowest BCUT2D eigenvalue weighted by Crippen LogP contribution is -2.17. The molecule has 2 aromatic carbocycles. The average Bonchev–Trinajstić information content (AvgIpc) is 3.26. The van der Waals surface area contributed by atoms with Gasteiger partial charge in [0.1, 0.15) is 11.5 Å². The van der Waals surface area contributed by atoms with Crippen LogP contribution in [0.2, 0.25) is 0 Å². The zero-order valence-corrected chi connectivity index (χ0v) is 19.9. The molecule has 0 atom stereocenters. The van der Waals surface area contributed by atoms with E-state index in [1.54, 1.807) is 7.11 Å². The number of aryl methyl sites for hydroxylation is 1. The molecule has 0 aliphatic heterocycles. The molecule has 176 valence electrons. The van der Waals surface area contributed by atoms with Gasteiger partial charge >= 0.3 is 7.60 Å². The molecule has 0 fully saturated rings. The molecule has 3 N–H and O–H groups in total. The molecule has 0 saturated carbocycles. The second-order valence-corrected chi connectivity index (χ2v) is 10.2. The van der Waals surface area contributed by atoms with Gasteiger partial charge < -0.3 is 24.6 Å². The topological polar surface area (TPSA) is 88.0 Å². The molecule has 3 rings (SSSR count). The summed E-state index contributed by atoms with van der Waals surface area (Å²) in [4.78, 5) is 17.9. The highest BCUT2D eigenvalue weighted by molar-refractivity contribution is 7.51. The summed E-state index contributed by atoms with van der Waals surface area (Å²) in [5.41, 5.74) is 5.33. The van der Waals surface area contributed by atoms with E-state index in [0.717, 1.165) is 69.6 Å². The number of methoxy groups -OCH3 is 1. The van der Waals surface area contributed by atoms with E-state index in [9.17, 15) is 4.57 Å². The van der Waals surface area contributed by atoms with Gasteiger partial charge in [-0.2, -0.15) is 0 Å². The van der Waals surface area contributed by atoms with Gasteiger partial charge in [-0.25, -0.2) is 0 Å². The molecular formula is C25H36NO5P. The minimum Gasteiger partial charge on any atom is -0.497 e. The van der Waals surface area contributed by atoms with Crippen molar-refractivity contribution in [1.29, 1.82) is 0 Å². The van der Waals surface area contributed by atoms with Crippen LogP contribution in [0.1, 0.15) is 54.4 Å². The van der Waals surface area contributed by atoms with E-state index in [-0.39, 0.29) is 6.16 Å². The van der Waals surface area contributed by atoms with Gasteiger partial charge in [0.25, 0.3) is 0 Å². The summed E-state index contributed by atoms with van der Waals surface area (Å²) < 4.78 is 22.4. The van der Waals surface area contributed by atoms with Crippen LogP contribution >= 0.6 is 7.60 Å². The highest BCUT2D eigenvalue weighted by Crippen LogP contribution is 2.35. The van der Waals surface area contributed by atoms with Crippen LogP contribution in [0.25, 0.3) is 0 Å². The van der Waals surface area contributed by atoms with Crippen molar-refractivity contribution in [1.82, 2.24) is 5.32 Å². The summed E-state index contributed by atoms with van der Waals surface area (Å²) in [5.74, 6) is 1.94. The summed E-state index contributed by atoms with van der Waals surface area (Å²) in [6, 6.07) is 12.5. The lowest BCUT2D eigenvalue weighted by Gasteiger charge is -2.15. The molecule has 0 radical (unpaired) electrons. The molecule has 0 spiro atoms. The van der Waals surface area contributed by atoms with Crippen molar-refractivity contribution in [2.75, 3.05) is 26.4 Å². The summed E-state index contributed by atoms with van der Waals surface area (Å²) in [6.45, 7) is 2.08. The van der Waals surface area contributed by atoms with E-state index in [1.807, 2.05) is 12.1 Å². The Kier molecular flexibility index (Phi) is 9.61. The first-order valence-electron chi connectivity index (χ1n) is 11.6. The van der Waals surface area contributed by atoms with Crippen molar-refractivity contribution >= 4 is 7.60 Å². The zero-order valence-electron chi connectivity index (χ0n) is 19.0. The molecule has 32 heavy (non-hydrogen) atoms. The van der Waals surface area contributed by atoms with Crippen molar-refractivity contribution in [2.24, 2.45) is 0 Å². The lowest BCUT2D eigenvalue weighted by atomic mass is 10.0. The highest BCUT2D eigenvalue weighted by atomic mass is 31.2. The molecule has 0 aromatic heterocycles. The molecule has 0 bridgehead atoms. The average molecular weight is 462 g/mol. The fourth-order valence-corrected chi connectivity index (χ4v) is 4.87. The first-order valence-corrected chi connectivity index (χ1v) is 13.4. The quantitative estimate of drug-likeness (QED) is 0.281. The van der Waals surface area contributed by atoms with Crippen LogP contribution in [-0.4, -0.2) is 36.2 Å². The second-order valence-electron chi connectivity index (χ2n) is 8.46. The normalized spacial score (nSPS) is 13.2. The van der Waals surface area contributed by atoms with E-state index in [0.29, 0.717) is 13.0 Å². The molecule has 2 aromatic rings. The molecule has 1 aliphatic carbocycles. The zero-order chi connectivity index (χ0) is 22.8. The van der Waals surface area contributed by atoms with Gasteiger partial charge in [-0.3, -0.25) is 4.57 Å². The van der Waals surface area contributed by atoms with E-state index in [2.05, 4.69) is 29.6 Å². The number of ether oxygens (including phenoxy) is 2. The third-order valence-electron chi connectivity index (χ3n) is 5.96. The number of rotatable bonds is 14. The van der Waals surface area contributed by atoms with Crippen LogP contribution in [-0.2, 0) is 30.4 Å². The summed E-state index contributed by atoms with van der Waals surface area (Å²) in [7, 11) is -2.20. The van der Waals surface area contributed by atoms with E-state index >= 15 is 0 Å². The Morgan fingerprint density at radius 2 is 1.88 bits per heavy atom. The molecule has 0 unspecified atom stereocenters. The van der Waals surface area contributed by atoms with Crippen LogP contribution in [0, 0.1) is 0 Å². The Balaban J connectivity index is 1.39. The predicted octanol–water partition coefficient (Wildman–Crippen LogP) is 4.63. The summed E-state index contributed by atoms with van der Waals surface area (Å²) >= 11 is 0. The smallest absolute Gasteiger partial charge is 0.325 e. The highest BCUT2D eigenvalue weighted by Gasteiger charge is 2.19. The molecule has 0 saturated heterocycles. The van der Waals surface area contributed by atoms with Crippen LogP contribution in [0.3, 0.4) is 0 Å². The largest absolute Gasteiger partial charge is 0.497 e. The van der Waals surface area contributed by atoms with Crippen molar-refractivity contribution in [2.45, 2.75) is 57.9 Å². The SMILES string of the molecule is COc1cccc(CCCCCOc2ccc(CNCCCP(=O)(O)O)c3c2CCC3)c1. The third-order valence-corrected chi connectivity index (χ3v) is 6.86. The van der Waals surface area contributed by atoms with Gasteiger partial charge in [0.05, 0.1) is 19.9 Å². The van der Waals surface area contributed by atoms with Crippen LogP contribution in [0.5, 0.6) is 11.5 Å². The summed E-state index contributed by atoms with van der Waals surface area (Å²) in [6.07, 6.45) is 8.08. The van der Waals surface area contributed by atoms with Crippen LogP contribution < -0.4 is 14.8 Å². The van der Waals surface area contributed by atoms with Crippen molar-refractivity contribution in [3.63, 3.8) is 0 Å². The Bertz CT molecular complexity index is 911. The first kappa shape index (κ1) is 24.8. The fourth-order valence-electron chi connectivity index (χ4n) is 4.30. The van der Waals surface area contributed by atoms with Gasteiger partial charge in [-0.15, -0.1) is 0 Å². The Morgan fingerprint density at radius 1 is 1.03 bits per heavy atom. The van der Waals surface area contributed by atoms with Gasteiger partial charge in [0.15, 0.2) is 0 Å². The van der Waals surface area contributed by atoms with Gasteiger partial charge in [0.2, 0.25) is 0 Å². The number of nitrogens with one attached hydrogen (secondary N) is 1. The maximum absolute atomic E-state index is 10.9. The molecule has 0 amide bonds. The van der Waals surface area contributed by atoms with Crippen molar-refractivity contribution in [3.05, 3.63) is 58.7 Å². The minimum absolute atomic E-state index is 0.0651. The Labute approximate surface area is 191 Å². The predicted molar refractivity (Wildman–Crippen MR) is 128 cm³/mol. The van der Waals surface area contributed by atoms with Crippen LogP contribution in [0.15, 0.2) is 36.4 Å². The van der Waals surface area contributed by atoms with E-state index in [4.69, 9.17) is 19.3 Å². The first-order chi connectivity index (χ1) is 15.5. The number of hydrogen-bond donors (Lipinski definition) is 3. The number of hydrogen-bond acceptors (Lipinski definition) is 4. The van der Waals surface area contributed by atoms with Gasteiger partial charge in [0, 0.05) is 6.54 Å². The molecule has 6 nitrogen and oxygen atoms in total. The molecular weight excluding hydrogens is 425 g/mol. The summed E-state index contributed by atoms with van der Waals surface area (Å²) in [5, 5.41) is 3.32. The van der Waals surface area contributed by atoms with E-state index < -0.39 is 7.60 Å². The number of unbranched alkanes of at least 4 members (excludes halogenated alkanes) is 2. The molecule has 7 heteroatoms. The number of benzene rings is 2. The monoisotopic (exact) mass is 461 g/mol. The van der Waals surface area contributed by atoms with Crippen molar-refractivity contribution in [3.8, 4) is 11.5 Å². The minimum atomic E-state index is -3.90. The van der Waals surface area contributed by atoms with Gasteiger partial charge in [-0.1, -0.05) is 18.2 Å². The third kappa shape index (κ3) is 7.93. The van der Waals surface area contributed by atoms with E-state index in [1.165, 1.54) is 22.3 Å². The fraction of sp³-hybridized carbons (Fsp3) is 0.520. The molecule has 0 heterocycles.